The van der Waals surface area contributed by atoms with Gasteiger partial charge in [0.1, 0.15) is 5.75 Å². The van der Waals surface area contributed by atoms with Crippen LogP contribution in [0.25, 0.3) is 0 Å². The van der Waals surface area contributed by atoms with Crippen LogP contribution in [0, 0.1) is 10.5 Å². The Morgan fingerprint density at radius 1 is 1.28 bits per heavy atom. The van der Waals surface area contributed by atoms with Crippen LogP contribution < -0.4 is 15.0 Å². The summed E-state index contributed by atoms with van der Waals surface area (Å²) < 4.78 is 6.71. The summed E-state index contributed by atoms with van der Waals surface area (Å²) >= 11 is 2.24. The fraction of sp³-hybridized carbons (Fsp3) is 0.263. The molecule has 6 heteroatoms. The van der Waals surface area contributed by atoms with Gasteiger partial charge in [0, 0.05) is 22.2 Å². The summed E-state index contributed by atoms with van der Waals surface area (Å²) in [5.41, 5.74) is 2.65. The van der Waals surface area contributed by atoms with Gasteiger partial charge >= 0.3 is 0 Å². The molecule has 0 aromatic heterocycles. The van der Waals surface area contributed by atoms with Crippen molar-refractivity contribution in [2.75, 3.05) is 16.8 Å². The standard InChI is InChI=1S/C19H19IN2O3/c1-12-7-8-14(11-15(12)20)21-18(23)9-10-22-16-5-3-4-6-17(16)25-13(2)19(22)24/h3-8,11,13H,9-10H2,1-2H3,(H,21,23)/t13-/m0/s1. The number of para-hydroxylation sites is 2. The molecule has 25 heavy (non-hydrogen) atoms. The highest BCUT2D eigenvalue weighted by atomic mass is 127. The Balaban J connectivity index is 1.67. The molecule has 1 aliphatic rings. The maximum absolute atomic E-state index is 12.4. The van der Waals surface area contributed by atoms with Crippen LogP contribution in [0.3, 0.4) is 0 Å². The number of hydrogen-bond donors (Lipinski definition) is 1. The molecule has 2 aromatic carbocycles. The average Bonchev–Trinajstić information content (AvgIpc) is 2.58. The van der Waals surface area contributed by atoms with E-state index in [0.717, 1.165) is 9.26 Å². The molecule has 0 saturated heterocycles. The van der Waals surface area contributed by atoms with Crippen molar-refractivity contribution in [3.8, 4) is 5.75 Å². The first kappa shape index (κ1) is 17.7. The lowest BCUT2D eigenvalue weighted by Crippen LogP contribution is -2.45. The van der Waals surface area contributed by atoms with Crippen molar-refractivity contribution in [2.45, 2.75) is 26.4 Å². The number of carbonyl (C=O) groups is 2. The van der Waals surface area contributed by atoms with Crippen LogP contribution >= 0.6 is 22.6 Å². The number of fused-ring (bicyclic) bond motifs is 1. The van der Waals surface area contributed by atoms with E-state index in [1.165, 1.54) is 5.56 Å². The van der Waals surface area contributed by atoms with Gasteiger partial charge in [-0.1, -0.05) is 18.2 Å². The van der Waals surface area contributed by atoms with Gasteiger partial charge in [0.2, 0.25) is 5.91 Å². The van der Waals surface area contributed by atoms with Crippen LogP contribution in [0.5, 0.6) is 5.75 Å². The van der Waals surface area contributed by atoms with Crippen LogP contribution in [0.15, 0.2) is 42.5 Å². The second-order valence-corrected chi connectivity index (χ2v) is 7.14. The number of benzene rings is 2. The van der Waals surface area contributed by atoms with Crippen LogP contribution in [-0.2, 0) is 9.59 Å². The van der Waals surface area contributed by atoms with Crippen LogP contribution in [0.1, 0.15) is 18.9 Å². The predicted octanol–water partition coefficient (Wildman–Crippen LogP) is 3.74. The molecule has 0 bridgehead atoms. The van der Waals surface area contributed by atoms with Crippen LogP contribution in [-0.4, -0.2) is 24.5 Å². The maximum Gasteiger partial charge on any atom is 0.267 e. The van der Waals surface area contributed by atoms with Crippen molar-refractivity contribution in [3.63, 3.8) is 0 Å². The number of amides is 2. The summed E-state index contributed by atoms with van der Waals surface area (Å²) in [6, 6.07) is 13.2. The largest absolute Gasteiger partial charge is 0.479 e. The molecule has 0 fully saturated rings. The highest BCUT2D eigenvalue weighted by Crippen LogP contribution is 2.33. The summed E-state index contributed by atoms with van der Waals surface area (Å²) in [5, 5.41) is 2.89. The molecule has 0 saturated carbocycles. The lowest BCUT2D eigenvalue weighted by atomic mass is 10.1. The number of aryl methyl sites for hydroxylation is 1. The first-order valence-corrected chi connectivity index (χ1v) is 9.16. The molecule has 0 radical (unpaired) electrons. The van der Waals surface area contributed by atoms with Gasteiger partial charge in [-0.2, -0.15) is 0 Å². The van der Waals surface area contributed by atoms with Crippen LogP contribution in [0.2, 0.25) is 0 Å². The molecule has 130 valence electrons. The van der Waals surface area contributed by atoms with Crippen LogP contribution in [0.4, 0.5) is 11.4 Å². The van der Waals surface area contributed by atoms with Gasteiger partial charge in [0.25, 0.3) is 5.91 Å². The van der Waals surface area contributed by atoms with E-state index < -0.39 is 6.10 Å². The lowest BCUT2D eigenvalue weighted by Gasteiger charge is -2.32. The van der Waals surface area contributed by atoms with Crippen molar-refractivity contribution in [1.29, 1.82) is 0 Å². The van der Waals surface area contributed by atoms with Crippen molar-refractivity contribution in [2.24, 2.45) is 0 Å². The number of rotatable bonds is 4. The highest BCUT2D eigenvalue weighted by Gasteiger charge is 2.31. The molecule has 0 spiro atoms. The second-order valence-electron chi connectivity index (χ2n) is 5.98. The molecule has 2 aromatic rings. The van der Waals surface area contributed by atoms with Gasteiger partial charge in [-0.15, -0.1) is 0 Å². The van der Waals surface area contributed by atoms with E-state index in [-0.39, 0.29) is 18.2 Å². The zero-order chi connectivity index (χ0) is 18.0. The monoisotopic (exact) mass is 450 g/mol. The molecular formula is C19H19IN2O3. The molecule has 5 nitrogen and oxygen atoms in total. The molecule has 3 rings (SSSR count). The van der Waals surface area contributed by atoms with Gasteiger partial charge in [-0.05, 0) is 66.3 Å². The smallest absolute Gasteiger partial charge is 0.267 e. The quantitative estimate of drug-likeness (QED) is 0.723. The Bertz CT molecular complexity index is 822. The number of hydrogen-bond acceptors (Lipinski definition) is 3. The molecule has 0 aliphatic carbocycles. The molecule has 1 N–H and O–H groups in total. The minimum atomic E-state index is -0.545. The van der Waals surface area contributed by atoms with E-state index in [9.17, 15) is 9.59 Å². The van der Waals surface area contributed by atoms with E-state index >= 15 is 0 Å². The minimum Gasteiger partial charge on any atom is -0.479 e. The Kier molecular flexibility index (Phi) is 5.27. The minimum absolute atomic E-state index is 0.121. The predicted molar refractivity (Wildman–Crippen MR) is 106 cm³/mol. The fourth-order valence-electron chi connectivity index (χ4n) is 2.70. The zero-order valence-electron chi connectivity index (χ0n) is 14.1. The Morgan fingerprint density at radius 3 is 2.80 bits per heavy atom. The molecule has 2 amide bonds. The second kappa shape index (κ2) is 7.43. The van der Waals surface area contributed by atoms with Gasteiger partial charge in [0.05, 0.1) is 5.69 Å². The summed E-state index contributed by atoms with van der Waals surface area (Å²) in [5.74, 6) is 0.420. The first-order valence-electron chi connectivity index (χ1n) is 8.09. The lowest BCUT2D eigenvalue weighted by molar-refractivity contribution is -0.125. The number of ether oxygens (including phenoxy) is 1. The van der Waals surface area contributed by atoms with E-state index in [0.29, 0.717) is 18.0 Å². The first-order chi connectivity index (χ1) is 12.0. The van der Waals surface area contributed by atoms with E-state index in [1.54, 1.807) is 11.8 Å². The third-order valence-electron chi connectivity index (χ3n) is 4.09. The summed E-state index contributed by atoms with van der Waals surface area (Å²) in [6.07, 6.45) is -0.325. The Hall–Kier alpha value is -2.09. The van der Waals surface area contributed by atoms with E-state index in [2.05, 4.69) is 27.9 Å². The van der Waals surface area contributed by atoms with Crippen molar-refractivity contribution < 1.29 is 14.3 Å². The van der Waals surface area contributed by atoms with Gasteiger partial charge in [-0.25, -0.2) is 0 Å². The summed E-state index contributed by atoms with van der Waals surface area (Å²) in [4.78, 5) is 26.3. The Labute approximate surface area is 160 Å². The fourth-order valence-corrected chi connectivity index (χ4v) is 3.21. The molecule has 1 heterocycles. The third-order valence-corrected chi connectivity index (χ3v) is 5.25. The SMILES string of the molecule is Cc1ccc(NC(=O)CCN2C(=O)[C@H](C)Oc3ccccc32)cc1I. The van der Waals surface area contributed by atoms with Crippen molar-refractivity contribution in [1.82, 2.24) is 0 Å². The number of nitrogens with zero attached hydrogens (tertiary/aromatic N) is 1. The average molecular weight is 450 g/mol. The maximum atomic E-state index is 12.4. The molecule has 0 unspecified atom stereocenters. The number of carbonyl (C=O) groups excluding carboxylic acids is 2. The number of nitrogens with one attached hydrogen (secondary N) is 1. The van der Waals surface area contributed by atoms with E-state index in [4.69, 9.17) is 4.74 Å². The van der Waals surface area contributed by atoms with Crippen molar-refractivity contribution >= 4 is 45.8 Å². The highest BCUT2D eigenvalue weighted by molar-refractivity contribution is 14.1. The third kappa shape index (κ3) is 3.95. The van der Waals surface area contributed by atoms with Gasteiger partial charge in [0.15, 0.2) is 6.10 Å². The topological polar surface area (TPSA) is 58.6 Å². The van der Waals surface area contributed by atoms with Crippen molar-refractivity contribution in [3.05, 3.63) is 51.6 Å². The normalized spacial score (nSPS) is 16.2. The van der Waals surface area contributed by atoms with Gasteiger partial charge in [-0.3, -0.25) is 9.59 Å². The Morgan fingerprint density at radius 2 is 2.04 bits per heavy atom. The number of anilines is 2. The number of halogens is 1. The van der Waals surface area contributed by atoms with Gasteiger partial charge < -0.3 is 15.0 Å². The van der Waals surface area contributed by atoms with E-state index in [1.807, 2.05) is 49.4 Å². The molecule has 1 aliphatic heterocycles. The molecular weight excluding hydrogens is 431 g/mol. The zero-order valence-corrected chi connectivity index (χ0v) is 16.2. The summed E-state index contributed by atoms with van der Waals surface area (Å²) in [7, 11) is 0. The molecule has 1 atom stereocenters. The summed E-state index contributed by atoms with van der Waals surface area (Å²) in [6.45, 7) is 4.06.